The monoisotopic (exact) mass is 249 g/mol. The summed E-state index contributed by atoms with van der Waals surface area (Å²) in [6, 6.07) is 8.05. The van der Waals surface area contributed by atoms with Crippen molar-refractivity contribution in [2.45, 2.75) is 6.42 Å². The number of hydrogen-bond donors (Lipinski definition) is 0. The summed E-state index contributed by atoms with van der Waals surface area (Å²) in [7, 11) is 0. The van der Waals surface area contributed by atoms with Gasteiger partial charge < -0.3 is 0 Å². The van der Waals surface area contributed by atoms with Gasteiger partial charge >= 0.3 is 0 Å². The molecule has 0 atom stereocenters. The van der Waals surface area contributed by atoms with Gasteiger partial charge in [0.2, 0.25) is 0 Å². The lowest BCUT2D eigenvalue weighted by Crippen LogP contribution is -1.96. The van der Waals surface area contributed by atoms with Crippen LogP contribution < -0.4 is 0 Å². The van der Waals surface area contributed by atoms with Crippen molar-refractivity contribution >= 4 is 15.9 Å². The van der Waals surface area contributed by atoms with E-state index >= 15 is 0 Å². The summed E-state index contributed by atoms with van der Waals surface area (Å²) in [5.41, 5.74) is 1.18. The van der Waals surface area contributed by atoms with E-state index in [0.29, 0.717) is 0 Å². The maximum absolute atomic E-state index is 4.07. The SMILES string of the molecule is Brc1ccccc1Cc1ncncn1. The van der Waals surface area contributed by atoms with E-state index in [9.17, 15) is 0 Å². The minimum Gasteiger partial charge on any atom is -0.225 e. The molecule has 0 saturated carbocycles. The van der Waals surface area contributed by atoms with E-state index in [1.165, 1.54) is 18.2 Å². The van der Waals surface area contributed by atoms with E-state index < -0.39 is 0 Å². The first-order valence-corrected chi connectivity index (χ1v) is 5.00. The van der Waals surface area contributed by atoms with Crippen molar-refractivity contribution in [1.29, 1.82) is 0 Å². The maximum Gasteiger partial charge on any atom is 0.136 e. The molecule has 70 valence electrons. The van der Waals surface area contributed by atoms with Crippen LogP contribution in [-0.4, -0.2) is 15.0 Å². The molecule has 0 fully saturated rings. The highest BCUT2D eigenvalue weighted by Crippen LogP contribution is 2.17. The topological polar surface area (TPSA) is 38.7 Å². The normalized spacial score (nSPS) is 10.1. The molecule has 1 aromatic carbocycles. The lowest BCUT2D eigenvalue weighted by Gasteiger charge is -2.01. The van der Waals surface area contributed by atoms with Gasteiger partial charge in [0.05, 0.1) is 0 Å². The Morgan fingerprint density at radius 2 is 1.79 bits per heavy atom. The van der Waals surface area contributed by atoms with E-state index in [0.717, 1.165) is 16.7 Å². The number of hydrogen-bond acceptors (Lipinski definition) is 3. The van der Waals surface area contributed by atoms with Crippen molar-refractivity contribution < 1.29 is 0 Å². The molecular formula is C10H8BrN3. The Kier molecular flexibility index (Phi) is 2.84. The summed E-state index contributed by atoms with van der Waals surface area (Å²) in [6.07, 6.45) is 3.75. The van der Waals surface area contributed by atoms with E-state index in [-0.39, 0.29) is 0 Å². The molecule has 14 heavy (non-hydrogen) atoms. The lowest BCUT2D eigenvalue weighted by molar-refractivity contribution is 0.915. The largest absolute Gasteiger partial charge is 0.225 e. The minimum absolute atomic E-state index is 0.726. The predicted molar refractivity (Wildman–Crippen MR) is 56.8 cm³/mol. The zero-order chi connectivity index (χ0) is 9.80. The van der Waals surface area contributed by atoms with Gasteiger partial charge in [-0.15, -0.1) is 0 Å². The molecule has 0 aliphatic rings. The number of rotatable bonds is 2. The summed E-state index contributed by atoms with van der Waals surface area (Å²) in [5.74, 6) is 0.784. The molecule has 0 bridgehead atoms. The van der Waals surface area contributed by atoms with E-state index in [1.54, 1.807) is 0 Å². The molecule has 0 aliphatic carbocycles. The van der Waals surface area contributed by atoms with Gasteiger partial charge in [0.25, 0.3) is 0 Å². The van der Waals surface area contributed by atoms with Crippen LogP contribution >= 0.6 is 15.9 Å². The molecule has 0 spiro atoms. The molecule has 3 nitrogen and oxygen atoms in total. The number of aromatic nitrogens is 3. The first kappa shape index (κ1) is 9.27. The molecule has 0 unspecified atom stereocenters. The van der Waals surface area contributed by atoms with Crippen molar-refractivity contribution in [3.8, 4) is 0 Å². The standard InChI is InChI=1S/C10H8BrN3/c11-9-4-2-1-3-8(9)5-10-13-6-12-7-14-10/h1-4,6-7H,5H2. The van der Waals surface area contributed by atoms with E-state index in [4.69, 9.17) is 0 Å². The van der Waals surface area contributed by atoms with Crippen LogP contribution in [0.2, 0.25) is 0 Å². The number of halogens is 1. The molecule has 0 radical (unpaired) electrons. The van der Waals surface area contributed by atoms with Gasteiger partial charge in [0, 0.05) is 10.9 Å². The van der Waals surface area contributed by atoms with Crippen LogP contribution in [0.4, 0.5) is 0 Å². The number of benzene rings is 1. The van der Waals surface area contributed by atoms with Crippen LogP contribution in [0.25, 0.3) is 0 Å². The Bertz CT molecular complexity index is 417. The Hall–Kier alpha value is -1.29. The fraction of sp³-hybridized carbons (Fsp3) is 0.100. The van der Waals surface area contributed by atoms with Gasteiger partial charge in [0.1, 0.15) is 18.5 Å². The molecule has 1 heterocycles. The Morgan fingerprint density at radius 1 is 1.07 bits per heavy atom. The summed E-state index contributed by atoms with van der Waals surface area (Å²) in [6.45, 7) is 0. The van der Waals surface area contributed by atoms with E-state index in [1.807, 2.05) is 24.3 Å². The molecule has 2 rings (SSSR count). The highest BCUT2D eigenvalue weighted by atomic mass is 79.9. The minimum atomic E-state index is 0.726. The van der Waals surface area contributed by atoms with Crippen LogP contribution in [0.3, 0.4) is 0 Å². The smallest absolute Gasteiger partial charge is 0.136 e. The third kappa shape index (κ3) is 2.14. The van der Waals surface area contributed by atoms with Gasteiger partial charge in [-0.3, -0.25) is 0 Å². The number of nitrogens with zero attached hydrogens (tertiary/aromatic N) is 3. The van der Waals surface area contributed by atoms with Crippen molar-refractivity contribution in [1.82, 2.24) is 15.0 Å². The van der Waals surface area contributed by atoms with Crippen molar-refractivity contribution in [2.24, 2.45) is 0 Å². The van der Waals surface area contributed by atoms with Crippen molar-refractivity contribution in [2.75, 3.05) is 0 Å². The summed E-state index contributed by atoms with van der Waals surface area (Å²) >= 11 is 3.48. The molecule has 0 aliphatic heterocycles. The zero-order valence-corrected chi connectivity index (χ0v) is 8.98. The van der Waals surface area contributed by atoms with Crippen LogP contribution in [-0.2, 0) is 6.42 Å². The average Bonchev–Trinajstić information content (AvgIpc) is 2.23. The van der Waals surface area contributed by atoms with Crippen LogP contribution in [0, 0.1) is 0 Å². The van der Waals surface area contributed by atoms with Gasteiger partial charge in [0.15, 0.2) is 0 Å². The molecule has 0 amide bonds. The fourth-order valence-electron chi connectivity index (χ4n) is 1.17. The summed E-state index contributed by atoms with van der Waals surface area (Å²) in [5, 5.41) is 0. The summed E-state index contributed by atoms with van der Waals surface area (Å²) < 4.78 is 1.08. The second-order valence-electron chi connectivity index (χ2n) is 2.82. The van der Waals surface area contributed by atoms with Crippen LogP contribution in [0.5, 0.6) is 0 Å². The van der Waals surface area contributed by atoms with Gasteiger partial charge in [-0.2, -0.15) is 0 Å². The highest BCUT2D eigenvalue weighted by molar-refractivity contribution is 9.10. The maximum atomic E-state index is 4.07. The van der Waals surface area contributed by atoms with Crippen LogP contribution in [0.15, 0.2) is 41.4 Å². The van der Waals surface area contributed by atoms with Gasteiger partial charge in [-0.05, 0) is 11.6 Å². The third-order valence-electron chi connectivity index (χ3n) is 1.85. The van der Waals surface area contributed by atoms with Crippen molar-refractivity contribution in [3.63, 3.8) is 0 Å². The second kappa shape index (κ2) is 4.28. The Labute approximate surface area is 90.4 Å². The predicted octanol–water partition coefficient (Wildman–Crippen LogP) is 2.22. The molecule has 1 aromatic heterocycles. The Balaban J connectivity index is 2.24. The first-order valence-electron chi connectivity index (χ1n) is 4.20. The van der Waals surface area contributed by atoms with Crippen LogP contribution in [0.1, 0.15) is 11.4 Å². The van der Waals surface area contributed by atoms with Crippen molar-refractivity contribution in [3.05, 3.63) is 52.8 Å². The molecular weight excluding hydrogens is 242 g/mol. The first-order chi connectivity index (χ1) is 6.86. The molecule has 2 aromatic rings. The third-order valence-corrected chi connectivity index (χ3v) is 2.63. The van der Waals surface area contributed by atoms with E-state index in [2.05, 4.69) is 30.9 Å². The summed E-state index contributed by atoms with van der Waals surface area (Å²) in [4.78, 5) is 11.9. The molecule has 0 saturated heterocycles. The second-order valence-corrected chi connectivity index (χ2v) is 3.68. The lowest BCUT2D eigenvalue weighted by atomic mass is 10.1. The molecule has 4 heteroatoms. The van der Waals surface area contributed by atoms with Gasteiger partial charge in [-0.1, -0.05) is 34.1 Å². The highest BCUT2D eigenvalue weighted by Gasteiger charge is 2.01. The Morgan fingerprint density at radius 3 is 2.50 bits per heavy atom. The average molecular weight is 250 g/mol. The fourth-order valence-corrected chi connectivity index (χ4v) is 1.59. The quantitative estimate of drug-likeness (QED) is 0.820. The molecule has 0 N–H and O–H groups in total. The van der Waals surface area contributed by atoms with Gasteiger partial charge in [-0.25, -0.2) is 15.0 Å². The zero-order valence-electron chi connectivity index (χ0n) is 7.39.